The highest BCUT2D eigenvalue weighted by molar-refractivity contribution is 5.92. The molecule has 0 fully saturated rings. The van der Waals surface area contributed by atoms with Crippen LogP contribution >= 0.6 is 0 Å². The first-order valence-electron chi connectivity index (χ1n) is 5.28. The van der Waals surface area contributed by atoms with Gasteiger partial charge in [-0.3, -0.25) is 9.69 Å². The Bertz CT molecular complexity index is 353. The van der Waals surface area contributed by atoms with Gasteiger partial charge in [0.05, 0.1) is 13.2 Å². The van der Waals surface area contributed by atoms with E-state index in [1.165, 1.54) is 0 Å². The topological polar surface area (TPSA) is 52.6 Å². The van der Waals surface area contributed by atoms with Crippen molar-refractivity contribution < 1.29 is 9.90 Å². The second-order valence-corrected chi connectivity index (χ2v) is 3.82. The van der Waals surface area contributed by atoms with Crippen LogP contribution in [0, 0.1) is 6.92 Å². The minimum absolute atomic E-state index is 0.0636. The van der Waals surface area contributed by atoms with Gasteiger partial charge in [0.1, 0.15) is 0 Å². The second kappa shape index (κ2) is 6.25. The molecule has 0 aliphatic carbocycles. The van der Waals surface area contributed by atoms with E-state index in [4.69, 9.17) is 5.11 Å². The zero-order valence-corrected chi connectivity index (χ0v) is 9.73. The van der Waals surface area contributed by atoms with Crippen molar-refractivity contribution >= 4 is 11.6 Å². The highest BCUT2D eigenvalue weighted by Gasteiger charge is 2.07. The van der Waals surface area contributed by atoms with Crippen LogP contribution in [0.25, 0.3) is 0 Å². The highest BCUT2D eigenvalue weighted by atomic mass is 16.3. The Hall–Kier alpha value is -1.39. The number of nitrogens with zero attached hydrogens (tertiary/aromatic N) is 1. The summed E-state index contributed by atoms with van der Waals surface area (Å²) in [5, 5.41) is 11.5. The molecule has 88 valence electrons. The first-order chi connectivity index (χ1) is 7.63. The largest absolute Gasteiger partial charge is 0.395 e. The summed E-state index contributed by atoms with van der Waals surface area (Å²) in [6.45, 7) is 2.80. The number of amides is 1. The zero-order valence-electron chi connectivity index (χ0n) is 9.73. The van der Waals surface area contributed by atoms with Crippen LogP contribution in [-0.2, 0) is 4.79 Å². The lowest BCUT2D eigenvalue weighted by atomic mass is 10.2. The average Bonchev–Trinajstić information content (AvgIpc) is 2.21. The van der Waals surface area contributed by atoms with Crippen LogP contribution < -0.4 is 5.32 Å². The van der Waals surface area contributed by atoms with Gasteiger partial charge in [0.2, 0.25) is 5.91 Å². The van der Waals surface area contributed by atoms with Gasteiger partial charge < -0.3 is 10.4 Å². The molecule has 4 nitrogen and oxygen atoms in total. The van der Waals surface area contributed by atoms with E-state index in [1.807, 2.05) is 31.2 Å². The number of benzene rings is 1. The summed E-state index contributed by atoms with van der Waals surface area (Å²) in [4.78, 5) is 13.4. The van der Waals surface area contributed by atoms with Gasteiger partial charge in [-0.15, -0.1) is 0 Å². The lowest BCUT2D eigenvalue weighted by molar-refractivity contribution is -0.117. The van der Waals surface area contributed by atoms with Crippen LogP contribution in [0.15, 0.2) is 24.3 Å². The van der Waals surface area contributed by atoms with Crippen molar-refractivity contribution in [1.82, 2.24) is 4.90 Å². The maximum atomic E-state index is 11.6. The van der Waals surface area contributed by atoms with Gasteiger partial charge in [0.25, 0.3) is 0 Å². The summed E-state index contributed by atoms with van der Waals surface area (Å²) in [5.41, 5.74) is 1.88. The van der Waals surface area contributed by atoms with E-state index in [2.05, 4.69) is 5.32 Å². The number of hydrogen-bond acceptors (Lipinski definition) is 3. The third kappa shape index (κ3) is 4.00. The van der Waals surface area contributed by atoms with E-state index >= 15 is 0 Å². The van der Waals surface area contributed by atoms with Gasteiger partial charge in [0, 0.05) is 12.2 Å². The summed E-state index contributed by atoms with van der Waals surface area (Å²) in [6.07, 6.45) is 0. The van der Waals surface area contributed by atoms with Gasteiger partial charge in [-0.25, -0.2) is 0 Å². The van der Waals surface area contributed by atoms with Crippen LogP contribution in [0.4, 0.5) is 5.69 Å². The Morgan fingerprint density at radius 3 is 2.75 bits per heavy atom. The maximum Gasteiger partial charge on any atom is 0.238 e. The number of anilines is 1. The number of rotatable bonds is 5. The first-order valence-corrected chi connectivity index (χ1v) is 5.28. The number of carbonyl (C=O) groups is 1. The summed E-state index contributed by atoms with van der Waals surface area (Å²) in [6, 6.07) is 7.65. The number of carbonyl (C=O) groups excluding carboxylic acids is 1. The van der Waals surface area contributed by atoms with Crippen LogP contribution in [0.5, 0.6) is 0 Å². The van der Waals surface area contributed by atoms with Crippen molar-refractivity contribution in [2.75, 3.05) is 32.1 Å². The monoisotopic (exact) mass is 222 g/mol. The molecule has 1 amide bonds. The van der Waals surface area contributed by atoms with Crippen molar-refractivity contribution in [3.63, 3.8) is 0 Å². The van der Waals surface area contributed by atoms with Crippen molar-refractivity contribution in [2.45, 2.75) is 6.92 Å². The third-order valence-corrected chi connectivity index (χ3v) is 2.31. The molecule has 16 heavy (non-hydrogen) atoms. The predicted octanol–water partition coefficient (Wildman–Crippen LogP) is 0.858. The molecule has 2 N–H and O–H groups in total. The lowest BCUT2D eigenvalue weighted by Crippen LogP contribution is -2.32. The average molecular weight is 222 g/mol. The summed E-state index contributed by atoms with van der Waals surface area (Å²) in [5.74, 6) is -0.0646. The van der Waals surface area contributed by atoms with Crippen molar-refractivity contribution in [2.24, 2.45) is 0 Å². The van der Waals surface area contributed by atoms with E-state index < -0.39 is 0 Å². The molecule has 0 aromatic heterocycles. The van der Waals surface area contributed by atoms with Gasteiger partial charge in [-0.2, -0.15) is 0 Å². The molecule has 0 radical (unpaired) electrons. The minimum Gasteiger partial charge on any atom is -0.395 e. The third-order valence-electron chi connectivity index (χ3n) is 2.31. The minimum atomic E-state index is -0.0646. The molecule has 1 aromatic rings. The number of nitrogens with one attached hydrogen (secondary N) is 1. The predicted molar refractivity (Wildman–Crippen MR) is 64.4 cm³/mol. The first kappa shape index (κ1) is 12.7. The molecule has 0 aliphatic heterocycles. The molecule has 0 aliphatic rings. The van der Waals surface area contributed by atoms with Crippen molar-refractivity contribution in [1.29, 1.82) is 0 Å². The molecule has 0 atom stereocenters. The van der Waals surface area contributed by atoms with Crippen LogP contribution in [0.3, 0.4) is 0 Å². The van der Waals surface area contributed by atoms with Gasteiger partial charge in [0.15, 0.2) is 0 Å². The van der Waals surface area contributed by atoms with Gasteiger partial charge in [-0.05, 0) is 25.6 Å². The van der Waals surface area contributed by atoms with E-state index in [-0.39, 0.29) is 19.1 Å². The van der Waals surface area contributed by atoms with E-state index in [9.17, 15) is 4.79 Å². The smallest absolute Gasteiger partial charge is 0.238 e. The van der Waals surface area contributed by atoms with E-state index in [1.54, 1.807) is 11.9 Å². The standard InChI is InChI=1S/C12H18N2O2/c1-10-5-3-4-6-11(10)13-12(16)9-14(2)7-8-15/h3-6,15H,7-9H2,1-2H3,(H,13,16). The van der Waals surface area contributed by atoms with Crippen LogP contribution in [0.1, 0.15) is 5.56 Å². The van der Waals surface area contributed by atoms with Crippen LogP contribution in [-0.4, -0.2) is 42.7 Å². The summed E-state index contributed by atoms with van der Waals surface area (Å²) in [7, 11) is 1.80. The molecule has 0 bridgehead atoms. The molecule has 0 saturated carbocycles. The normalized spacial score (nSPS) is 10.5. The maximum absolute atomic E-state index is 11.6. The fourth-order valence-electron chi connectivity index (χ4n) is 1.40. The van der Waals surface area contributed by atoms with Gasteiger partial charge in [-0.1, -0.05) is 18.2 Å². The summed E-state index contributed by atoms with van der Waals surface area (Å²) < 4.78 is 0. The number of aryl methyl sites for hydroxylation is 1. The van der Waals surface area contributed by atoms with Crippen molar-refractivity contribution in [3.8, 4) is 0 Å². The second-order valence-electron chi connectivity index (χ2n) is 3.82. The Morgan fingerprint density at radius 2 is 2.12 bits per heavy atom. The fraction of sp³-hybridized carbons (Fsp3) is 0.417. The number of hydrogen-bond donors (Lipinski definition) is 2. The quantitative estimate of drug-likeness (QED) is 0.777. The molecule has 0 saturated heterocycles. The number of aliphatic hydroxyl groups is 1. The van der Waals surface area contributed by atoms with E-state index in [0.29, 0.717) is 6.54 Å². The Balaban J connectivity index is 2.49. The zero-order chi connectivity index (χ0) is 12.0. The molecule has 1 aromatic carbocycles. The summed E-state index contributed by atoms with van der Waals surface area (Å²) >= 11 is 0. The molecule has 1 rings (SSSR count). The van der Waals surface area contributed by atoms with Crippen molar-refractivity contribution in [3.05, 3.63) is 29.8 Å². The molecule has 4 heteroatoms. The molecular weight excluding hydrogens is 204 g/mol. The fourth-order valence-corrected chi connectivity index (χ4v) is 1.40. The number of para-hydroxylation sites is 1. The lowest BCUT2D eigenvalue weighted by Gasteiger charge is -2.15. The molecule has 0 heterocycles. The SMILES string of the molecule is Cc1ccccc1NC(=O)CN(C)CCO. The van der Waals surface area contributed by atoms with Crippen LogP contribution in [0.2, 0.25) is 0 Å². The number of aliphatic hydroxyl groups excluding tert-OH is 1. The number of likely N-dealkylation sites (N-methyl/N-ethyl adjacent to an activating group) is 1. The Labute approximate surface area is 95.9 Å². The van der Waals surface area contributed by atoms with Gasteiger partial charge >= 0.3 is 0 Å². The molecule has 0 unspecified atom stereocenters. The van der Waals surface area contributed by atoms with E-state index in [0.717, 1.165) is 11.3 Å². The highest BCUT2D eigenvalue weighted by Crippen LogP contribution is 2.12. The Morgan fingerprint density at radius 1 is 1.44 bits per heavy atom. The molecule has 0 spiro atoms. The molecular formula is C12H18N2O2. The Kier molecular flexibility index (Phi) is 4.95.